The molecule has 6 nitrogen and oxygen atoms in total. The smallest absolute Gasteiger partial charge is 0.273 e. The Labute approximate surface area is 153 Å². The molecule has 1 amide bonds. The van der Waals surface area contributed by atoms with Gasteiger partial charge < -0.3 is 9.84 Å². The summed E-state index contributed by atoms with van der Waals surface area (Å²) in [7, 11) is 0. The van der Waals surface area contributed by atoms with Crippen LogP contribution in [0.4, 0.5) is 0 Å². The van der Waals surface area contributed by atoms with E-state index in [4.69, 9.17) is 4.52 Å². The molecule has 0 aromatic carbocycles. The third kappa shape index (κ3) is 3.52. The van der Waals surface area contributed by atoms with Gasteiger partial charge in [-0.3, -0.25) is 14.8 Å². The summed E-state index contributed by atoms with van der Waals surface area (Å²) in [6.45, 7) is 0.361. The maximum absolute atomic E-state index is 12.3. The second kappa shape index (κ2) is 7.28. The third-order valence-electron chi connectivity index (χ3n) is 3.74. The minimum absolute atomic E-state index is 0.228. The Morgan fingerprint density at radius 2 is 2.00 bits per heavy atom. The number of thiophene rings is 1. The lowest BCUT2D eigenvalue weighted by molar-refractivity contribution is 0.0942. The van der Waals surface area contributed by atoms with E-state index in [-0.39, 0.29) is 11.6 Å². The van der Waals surface area contributed by atoms with Gasteiger partial charge in [-0.15, -0.1) is 11.3 Å². The monoisotopic (exact) mass is 362 g/mol. The highest BCUT2D eigenvalue weighted by Crippen LogP contribution is 2.24. The SMILES string of the molecule is O=C(NCc1cncc(-c2cccs2)c1)c1cc(-c2cccnc2)on1. The van der Waals surface area contributed by atoms with Gasteiger partial charge in [0.2, 0.25) is 0 Å². The Balaban J connectivity index is 1.43. The van der Waals surface area contributed by atoms with Gasteiger partial charge in [0.05, 0.1) is 0 Å². The Kier molecular flexibility index (Phi) is 4.53. The number of nitrogens with zero attached hydrogens (tertiary/aromatic N) is 3. The fourth-order valence-electron chi connectivity index (χ4n) is 2.46. The Morgan fingerprint density at radius 1 is 1.08 bits per heavy atom. The first-order valence-electron chi connectivity index (χ1n) is 7.93. The average Bonchev–Trinajstić information content (AvgIpc) is 3.39. The zero-order valence-corrected chi connectivity index (χ0v) is 14.4. The molecule has 0 saturated heterocycles. The number of carbonyl (C=O) groups excluding carboxylic acids is 1. The molecule has 4 heterocycles. The van der Waals surface area contributed by atoms with Crippen LogP contribution in [0.5, 0.6) is 0 Å². The molecule has 0 bridgehead atoms. The van der Waals surface area contributed by atoms with Gasteiger partial charge in [-0.2, -0.15) is 0 Å². The Hall–Kier alpha value is -3.32. The van der Waals surface area contributed by atoms with Crippen LogP contribution in [-0.2, 0) is 6.54 Å². The quantitative estimate of drug-likeness (QED) is 0.584. The van der Waals surface area contributed by atoms with Crippen molar-refractivity contribution in [1.82, 2.24) is 20.4 Å². The van der Waals surface area contributed by atoms with Gasteiger partial charge >= 0.3 is 0 Å². The van der Waals surface area contributed by atoms with E-state index < -0.39 is 0 Å². The van der Waals surface area contributed by atoms with E-state index in [0.29, 0.717) is 12.3 Å². The summed E-state index contributed by atoms with van der Waals surface area (Å²) in [5.74, 6) is 0.204. The summed E-state index contributed by atoms with van der Waals surface area (Å²) in [4.78, 5) is 21.7. The van der Waals surface area contributed by atoms with Crippen molar-refractivity contribution in [3.05, 3.63) is 77.8 Å². The molecule has 0 aliphatic carbocycles. The molecule has 4 aromatic rings. The highest BCUT2D eigenvalue weighted by atomic mass is 32.1. The second-order valence-corrected chi connectivity index (χ2v) is 6.51. The van der Waals surface area contributed by atoms with Gasteiger partial charge in [-0.05, 0) is 35.2 Å². The van der Waals surface area contributed by atoms with Crippen molar-refractivity contribution < 1.29 is 9.32 Å². The molecule has 0 radical (unpaired) electrons. The predicted molar refractivity (Wildman–Crippen MR) is 98.5 cm³/mol. The fourth-order valence-corrected chi connectivity index (χ4v) is 3.17. The van der Waals surface area contributed by atoms with Crippen LogP contribution in [0.25, 0.3) is 21.8 Å². The molecule has 0 aliphatic rings. The van der Waals surface area contributed by atoms with Crippen LogP contribution in [0.3, 0.4) is 0 Å². The number of nitrogens with one attached hydrogen (secondary N) is 1. The summed E-state index contributed by atoms with van der Waals surface area (Å²) >= 11 is 1.65. The summed E-state index contributed by atoms with van der Waals surface area (Å²) in [6, 6.07) is 11.3. The first-order chi connectivity index (χ1) is 12.8. The van der Waals surface area contributed by atoms with Gasteiger partial charge in [0.1, 0.15) is 0 Å². The van der Waals surface area contributed by atoms with E-state index in [2.05, 4.69) is 20.4 Å². The van der Waals surface area contributed by atoms with Crippen molar-refractivity contribution in [3.63, 3.8) is 0 Å². The van der Waals surface area contributed by atoms with Gasteiger partial charge in [0, 0.05) is 53.4 Å². The molecule has 0 spiro atoms. The van der Waals surface area contributed by atoms with Crippen molar-refractivity contribution in [1.29, 1.82) is 0 Å². The number of carbonyl (C=O) groups is 1. The van der Waals surface area contributed by atoms with Crippen molar-refractivity contribution in [3.8, 4) is 21.8 Å². The fraction of sp³-hybridized carbons (Fsp3) is 0.0526. The van der Waals surface area contributed by atoms with E-state index in [9.17, 15) is 4.79 Å². The van der Waals surface area contributed by atoms with Crippen LogP contribution in [0.15, 0.2) is 71.1 Å². The molecule has 4 aromatic heterocycles. The molecule has 4 rings (SSSR count). The zero-order valence-electron chi connectivity index (χ0n) is 13.6. The van der Waals surface area contributed by atoms with Crippen LogP contribution < -0.4 is 5.32 Å². The minimum atomic E-state index is -0.301. The molecule has 0 saturated carbocycles. The van der Waals surface area contributed by atoms with E-state index in [1.807, 2.05) is 35.8 Å². The highest BCUT2D eigenvalue weighted by molar-refractivity contribution is 7.13. The Bertz CT molecular complexity index is 1010. The molecule has 1 N–H and O–H groups in total. The minimum Gasteiger partial charge on any atom is -0.355 e. The molecule has 26 heavy (non-hydrogen) atoms. The first-order valence-corrected chi connectivity index (χ1v) is 8.81. The normalized spacial score (nSPS) is 10.6. The molecular weight excluding hydrogens is 348 g/mol. The number of hydrogen-bond donors (Lipinski definition) is 1. The number of aromatic nitrogens is 3. The second-order valence-electron chi connectivity index (χ2n) is 5.56. The van der Waals surface area contributed by atoms with Crippen molar-refractivity contribution in [2.24, 2.45) is 0 Å². The van der Waals surface area contributed by atoms with Crippen LogP contribution in [0.2, 0.25) is 0 Å². The van der Waals surface area contributed by atoms with Crippen LogP contribution in [0, 0.1) is 0 Å². The number of pyridine rings is 2. The maximum atomic E-state index is 12.3. The number of hydrogen-bond acceptors (Lipinski definition) is 6. The van der Waals surface area contributed by atoms with E-state index >= 15 is 0 Å². The summed E-state index contributed by atoms with van der Waals surface area (Å²) in [5.41, 5.74) is 2.95. The average molecular weight is 362 g/mol. The van der Waals surface area contributed by atoms with Crippen LogP contribution in [-0.4, -0.2) is 21.0 Å². The summed E-state index contributed by atoms with van der Waals surface area (Å²) in [5, 5.41) is 8.70. The van der Waals surface area contributed by atoms with Crippen LogP contribution in [0.1, 0.15) is 16.1 Å². The standard InChI is InChI=1S/C19H14N4O2S/c24-19(16-8-17(25-23-16)14-3-1-5-20-11-14)22-10-13-7-15(12-21-9-13)18-4-2-6-26-18/h1-9,11-12H,10H2,(H,22,24). The largest absolute Gasteiger partial charge is 0.355 e. The van der Waals surface area contributed by atoms with Gasteiger partial charge in [0.15, 0.2) is 11.5 Å². The van der Waals surface area contributed by atoms with E-state index in [1.54, 1.807) is 42.1 Å². The first kappa shape index (κ1) is 16.2. The topological polar surface area (TPSA) is 80.9 Å². The molecule has 0 atom stereocenters. The van der Waals surface area contributed by atoms with Crippen molar-refractivity contribution in [2.45, 2.75) is 6.54 Å². The van der Waals surface area contributed by atoms with Crippen LogP contribution >= 0.6 is 11.3 Å². The van der Waals surface area contributed by atoms with Crippen molar-refractivity contribution >= 4 is 17.2 Å². The lowest BCUT2D eigenvalue weighted by Gasteiger charge is -2.04. The molecule has 7 heteroatoms. The predicted octanol–water partition coefficient (Wildman–Crippen LogP) is 3.79. The van der Waals surface area contributed by atoms with Gasteiger partial charge in [0.25, 0.3) is 5.91 Å². The Morgan fingerprint density at radius 3 is 2.81 bits per heavy atom. The third-order valence-corrected chi connectivity index (χ3v) is 4.66. The summed E-state index contributed by atoms with van der Waals surface area (Å²) < 4.78 is 5.23. The molecule has 0 unspecified atom stereocenters. The van der Waals surface area contributed by atoms with Gasteiger partial charge in [-0.25, -0.2) is 0 Å². The van der Waals surface area contributed by atoms with Crippen molar-refractivity contribution in [2.75, 3.05) is 0 Å². The maximum Gasteiger partial charge on any atom is 0.273 e. The number of amides is 1. The van der Waals surface area contributed by atoms with Gasteiger partial charge in [-0.1, -0.05) is 11.2 Å². The lowest BCUT2D eigenvalue weighted by atomic mass is 10.2. The molecular formula is C19H14N4O2S. The summed E-state index contributed by atoms with van der Waals surface area (Å²) in [6.07, 6.45) is 6.88. The van der Waals surface area contributed by atoms with E-state index in [1.165, 1.54) is 0 Å². The molecule has 0 aliphatic heterocycles. The lowest BCUT2D eigenvalue weighted by Crippen LogP contribution is -2.23. The molecule has 0 fully saturated rings. The highest BCUT2D eigenvalue weighted by Gasteiger charge is 2.13. The zero-order chi connectivity index (χ0) is 17.8. The number of rotatable bonds is 5. The van der Waals surface area contributed by atoms with E-state index in [0.717, 1.165) is 21.6 Å². The molecule has 128 valence electrons.